The Balaban J connectivity index is 1.79. The first-order valence-electron chi connectivity index (χ1n) is 8.53. The number of phenols is 1. The zero-order valence-electron chi connectivity index (χ0n) is 14.8. The van der Waals surface area contributed by atoms with Crippen LogP contribution < -0.4 is 10.3 Å². The quantitative estimate of drug-likeness (QED) is 0.480. The topological polar surface area (TPSA) is 60.8 Å². The highest BCUT2D eigenvalue weighted by Crippen LogP contribution is 2.25. The number of aromatic nitrogens is 1. The van der Waals surface area contributed by atoms with Gasteiger partial charge in [-0.25, -0.2) is 0 Å². The molecule has 0 aliphatic rings. The molecule has 0 aliphatic carbocycles. The van der Waals surface area contributed by atoms with E-state index < -0.39 is 0 Å². The van der Waals surface area contributed by atoms with Crippen molar-refractivity contribution in [1.82, 2.24) is 4.98 Å². The van der Waals surface area contributed by atoms with E-state index in [0.29, 0.717) is 10.6 Å². The van der Waals surface area contributed by atoms with Crippen LogP contribution in [0.3, 0.4) is 0 Å². The number of phenolic OH excluding ortho intramolecular Hbond substituents is 1. The number of hydrogen-bond acceptors (Lipinski definition) is 5. The summed E-state index contributed by atoms with van der Waals surface area (Å²) >= 11 is 6.01. The van der Waals surface area contributed by atoms with Crippen LogP contribution in [0.15, 0.2) is 53.8 Å². The minimum atomic E-state index is 0.200. The summed E-state index contributed by atoms with van der Waals surface area (Å²) in [5.74, 6) is 0.200. The van der Waals surface area contributed by atoms with Gasteiger partial charge >= 0.3 is 0 Å². The second kappa shape index (κ2) is 8.06. The monoisotopic (exact) mass is 368 g/mol. The lowest BCUT2D eigenvalue weighted by atomic mass is 10.2. The van der Waals surface area contributed by atoms with Gasteiger partial charge in [-0.05, 0) is 50.2 Å². The van der Waals surface area contributed by atoms with E-state index in [1.54, 1.807) is 18.5 Å². The summed E-state index contributed by atoms with van der Waals surface area (Å²) in [6.45, 7) is 5.96. The van der Waals surface area contributed by atoms with Crippen LogP contribution in [0.4, 0.5) is 11.4 Å². The molecule has 1 heterocycles. The minimum Gasteiger partial charge on any atom is -0.507 e. The molecule has 26 heavy (non-hydrogen) atoms. The largest absolute Gasteiger partial charge is 0.507 e. The molecule has 0 spiro atoms. The van der Waals surface area contributed by atoms with Gasteiger partial charge in [0, 0.05) is 47.0 Å². The van der Waals surface area contributed by atoms with Crippen LogP contribution in [-0.2, 0) is 0 Å². The second-order valence-electron chi connectivity index (χ2n) is 5.81. The number of nitrogens with one attached hydrogen (secondary N) is 1. The fraction of sp³-hybridized carbons (Fsp3) is 0.200. The predicted octanol–water partition coefficient (Wildman–Crippen LogP) is 4.89. The molecule has 3 rings (SSSR count). The number of rotatable bonds is 6. The van der Waals surface area contributed by atoms with Crippen LogP contribution in [0.5, 0.6) is 5.75 Å². The number of aromatic hydroxyl groups is 1. The third-order valence-corrected chi connectivity index (χ3v) is 4.47. The number of hydrazone groups is 1. The van der Waals surface area contributed by atoms with Gasteiger partial charge in [0.1, 0.15) is 5.75 Å². The highest BCUT2D eigenvalue weighted by molar-refractivity contribution is 6.31. The van der Waals surface area contributed by atoms with E-state index in [-0.39, 0.29) is 5.75 Å². The molecule has 6 heteroatoms. The van der Waals surface area contributed by atoms with Crippen LogP contribution in [-0.4, -0.2) is 29.4 Å². The molecule has 0 radical (unpaired) electrons. The summed E-state index contributed by atoms with van der Waals surface area (Å²) in [6, 6.07) is 13.0. The van der Waals surface area contributed by atoms with Gasteiger partial charge in [-0.15, -0.1) is 0 Å². The number of halogens is 1. The first kappa shape index (κ1) is 18.0. The van der Waals surface area contributed by atoms with Gasteiger partial charge < -0.3 is 10.0 Å². The molecule has 1 aromatic heterocycles. The molecule has 0 amide bonds. The Hall–Kier alpha value is -2.79. The Kier molecular flexibility index (Phi) is 5.58. The molecule has 0 fully saturated rings. The van der Waals surface area contributed by atoms with E-state index in [1.165, 1.54) is 0 Å². The van der Waals surface area contributed by atoms with E-state index in [4.69, 9.17) is 11.6 Å². The number of hydrogen-bond donors (Lipinski definition) is 2. The van der Waals surface area contributed by atoms with Crippen molar-refractivity contribution in [3.8, 4) is 5.75 Å². The molecule has 2 N–H and O–H groups in total. The van der Waals surface area contributed by atoms with E-state index in [0.717, 1.165) is 35.4 Å². The fourth-order valence-corrected chi connectivity index (χ4v) is 2.98. The van der Waals surface area contributed by atoms with Crippen LogP contribution in [0.25, 0.3) is 10.9 Å². The molecule has 2 aromatic carbocycles. The van der Waals surface area contributed by atoms with Gasteiger partial charge in [0.2, 0.25) is 0 Å². The summed E-state index contributed by atoms with van der Waals surface area (Å²) in [5.41, 5.74) is 6.27. The molecule has 0 saturated heterocycles. The van der Waals surface area contributed by atoms with Gasteiger partial charge in [0.15, 0.2) is 0 Å². The molecule has 134 valence electrons. The van der Waals surface area contributed by atoms with Gasteiger partial charge in [-0.2, -0.15) is 5.10 Å². The summed E-state index contributed by atoms with van der Waals surface area (Å²) < 4.78 is 0. The van der Waals surface area contributed by atoms with E-state index in [1.807, 2.05) is 36.4 Å². The van der Waals surface area contributed by atoms with Crippen molar-refractivity contribution in [1.29, 1.82) is 0 Å². The summed E-state index contributed by atoms with van der Waals surface area (Å²) in [4.78, 5) is 6.48. The molecule has 0 unspecified atom stereocenters. The standard InChI is InChI=1S/C20H21ClN4O/c1-3-25(4-2)16-7-5-14(20(26)12-16)13-23-24-18-9-10-22-19-11-15(21)6-8-17(18)19/h5-13,26H,3-4H2,1-2H3,(H,22,24). The smallest absolute Gasteiger partial charge is 0.126 e. The maximum absolute atomic E-state index is 10.3. The summed E-state index contributed by atoms with van der Waals surface area (Å²) in [7, 11) is 0. The minimum absolute atomic E-state index is 0.200. The van der Waals surface area contributed by atoms with E-state index >= 15 is 0 Å². The van der Waals surface area contributed by atoms with Crippen LogP contribution in [0.1, 0.15) is 19.4 Å². The fourth-order valence-electron chi connectivity index (χ4n) is 2.82. The molecule has 0 aliphatic heterocycles. The van der Waals surface area contributed by atoms with E-state index in [9.17, 15) is 5.11 Å². The van der Waals surface area contributed by atoms with Crippen LogP contribution in [0, 0.1) is 0 Å². The lowest BCUT2D eigenvalue weighted by Crippen LogP contribution is -2.21. The number of nitrogens with zero attached hydrogens (tertiary/aromatic N) is 3. The number of anilines is 2. The Morgan fingerprint density at radius 3 is 2.69 bits per heavy atom. The number of benzene rings is 2. The van der Waals surface area contributed by atoms with Gasteiger partial charge in [0.25, 0.3) is 0 Å². The van der Waals surface area contributed by atoms with E-state index in [2.05, 4.69) is 34.3 Å². The molecular weight excluding hydrogens is 348 g/mol. The van der Waals surface area contributed by atoms with Gasteiger partial charge in [0.05, 0.1) is 17.4 Å². The summed E-state index contributed by atoms with van der Waals surface area (Å²) in [5, 5.41) is 16.1. The van der Waals surface area contributed by atoms with Crippen molar-refractivity contribution < 1.29 is 5.11 Å². The lowest BCUT2D eigenvalue weighted by molar-refractivity contribution is 0.474. The third kappa shape index (κ3) is 3.89. The molecule has 0 saturated carbocycles. The average molecular weight is 369 g/mol. The maximum atomic E-state index is 10.3. The highest BCUT2D eigenvalue weighted by Gasteiger charge is 2.06. The molecule has 5 nitrogen and oxygen atoms in total. The van der Waals surface area contributed by atoms with Gasteiger partial charge in [-0.1, -0.05) is 11.6 Å². The van der Waals surface area contributed by atoms with Crippen molar-refractivity contribution in [2.45, 2.75) is 13.8 Å². The third-order valence-electron chi connectivity index (χ3n) is 4.24. The first-order valence-corrected chi connectivity index (χ1v) is 8.91. The Bertz CT molecular complexity index is 938. The van der Waals surface area contributed by atoms with Gasteiger partial charge in [-0.3, -0.25) is 10.4 Å². The molecule has 3 aromatic rings. The van der Waals surface area contributed by atoms with Crippen LogP contribution in [0.2, 0.25) is 5.02 Å². The van der Waals surface area contributed by atoms with Crippen molar-refractivity contribution in [3.05, 3.63) is 59.2 Å². The van der Waals surface area contributed by atoms with Crippen molar-refractivity contribution in [3.63, 3.8) is 0 Å². The second-order valence-corrected chi connectivity index (χ2v) is 6.24. The Morgan fingerprint density at radius 1 is 1.15 bits per heavy atom. The average Bonchev–Trinajstić information content (AvgIpc) is 2.64. The first-order chi connectivity index (χ1) is 12.6. The van der Waals surface area contributed by atoms with Crippen LogP contribution >= 0.6 is 11.6 Å². The molecular formula is C20H21ClN4O. The predicted molar refractivity (Wildman–Crippen MR) is 110 cm³/mol. The Labute approximate surface area is 157 Å². The lowest BCUT2D eigenvalue weighted by Gasteiger charge is -2.21. The SMILES string of the molecule is CCN(CC)c1ccc(C=NNc2ccnc3cc(Cl)ccc23)c(O)c1. The van der Waals surface area contributed by atoms with Crippen molar-refractivity contribution >= 4 is 40.1 Å². The summed E-state index contributed by atoms with van der Waals surface area (Å²) in [6.07, 6.45) is 3.30. The zero-order chi connectivity index (χ0) is 18.5. The van der Waals surface area contributed by atoms with Crippen molar-refractivity contribution in [2.24, 2.45) is 5.10 Å². The zero-order valence-corrected chi connectivity index (χ0v) is 15.5. The Morgan fingerprint density at radius 2 is 1.96 bits per heavy atom. The maximum Gasteiger partial charge on any atom is 0.126 e. The highest BCUT2D eigenvalue weighted by atomic mass is 35.5. The number of pyridine rings is 1. The molecule has 0 atom stereocenters. The molecule has 0 bridgehead atoms. The normalized spacial score (nSPS) is 11.2. The van der Waals surface area contributed by atoms with Crippen molar-refractivity contribution in [2.75, 3.05) is 23.4 Å². The number of fused-ring (bicyclic) bond motifs is 1.